The Labute approximate surface area is 89.7 Å². The van der Waals surface area contributed by atoms with Crippen molar-refractivity contribution < 1.29 is 38.8 Å². The Kier molecular flexibility index (Phi) is 3.45. The Morgan fingerprint density at radius 1 is 1.62 bits per heavy atom. The van der Waals surface area contributed by atoms with Crippen LogP contribution in [0.5, 0.6) is 0 Å². The molecule has 1 saturated heterocycles. The molecule has 0 radical (unpaired) electrons. The minimum Gasteiger partial charge on any atom is -0.479 e. The maximum absolute atomic E-state index is 11.3. The molecule has 8 nitrogen and oxygen atoms in total. The summed E-state index contributed by atoms with van der Waals surface area (Å²) in [5.41, 5.74) is -2.22. The lowest BCUT2D eigenvalue weighted by molar-refractivity contribution is -0.176. The zero-order valence-electron chi connectivity index (χ0n) is 8.34. The van der Waals surface area contributed by atoms with E-state index in [0.29, 0.717) is 0 Å². The smallest absolute Gasteiger partial charge is 0.344 e. The Morgan fingerprint density at radius 3 is 2.62 bits per heavy atom. The van der Waals surface area contributed by atoms with Crippen LogP contribution in [0.4, 0.5) is 0 Å². The van der Waals surface area contributed by atoms with E-state index in [2.05, 4.69) is 9.47 Å². The Balaban J connectivity index is 2.97. The summed E-state index contributed by atoms with van der Waals surface area (Å²) in [5, 5.41) is 18.0. The van der Waals surface area contributed by atoms with Crippen LogP contribution in [0.1, 0.15) is 6.42 Å². The number of esters is 2. The van der Waals surface area contributed by atoms with Crippen LogP contribution in [0.25, 0.3) is 0 Å². The predicted molar refractivity (Wildman–Crippen MR) is 45.1 cm³/mol. The zero-order valence-corrected chi connectivity index (χ0v) is 8.34. The van der Waals surface area contributed by atoms with Crippen molar-refractivity contribution in [1.82, 2.24) is 0 Å². The third-order valence-corrected chi connectivity index (χ3v) is 2.16. The first-order chi connectivity index (χ1) is 7.44. The van der Waals surface area contributed by atoms with Gasteiger partial charge in [-0.25, -0.2) is 9.59 Å². The van der Waals surface area contributed by atoms with Gasteiger partial charge in [-0.05, 0) is 0 Å². The number of methoxy groups -OCH3 is 1. The minimum absolute atomic E-state index is 0.514. The lowest BCUT2D eigenvalue weighted by Crippen LogP contribution is -2.53. The summed E-state index contributed by atoms with van der Waals surface area (Å²) in [5.74, 6) is -3.69. The van der Waals surface area contributed by atoms with E-state index in [0.717, 1.165) is 7.11 Å². The van der Waals surface area contributed by atoms with Gasteiger partial charge in [0.1, 0.15) is 0 Å². The first kappa shape index (κ1) is 12.4. The maximum Gasteiger partial charge on any atom is 0.344 e. The van der Waals surface area contributed by atoms with Gasteiger partial charge in [-0.15, -0.1) is 0 Å². The molecule has 90 valence electrons. The van der Waals surface area contributed by atoms with Gasteiger partial charge in [0.05, 0.1) is 13.5 Å². The monoisotopic (exact) mass is 234 g/mol. The molecule has 2 atom stereocenters. The van der Waals surface area contributed by atoms with Crippen LogP contribution in [0.15, 0.2) is 0 Å². The number of carboxylic acid groups (broad SMARTS) is 1. The van der Waals surface area contributed by atoms with Gasteiger partial charge < -0.3 is 24.4 Å². The predicted octanol–water partition coefficient (Wildman–Crippen LogP) is -1.74. The number of ether oxygens (including phenoxy) is 3. The molecule has 1 heterocycles. The van der Waals surface area contributed by atoms with Crippen LogP contribution in [0.3, 0.4) is 0 Å². The molecule has 0 amide bonds. The summed E-state index contributed by atoms with van der Waals surface area (Å²) in [6.45, 7) is -0.514. The van der Waals surface area contributed by atoms with E-state index in [1.807, 2.05) is 0 Å². The van der Waals surface area contributed by atoms with E-state index in [-0.39, 0.29) is 0 Å². The van der Waals surface area contributed by atoms with Crippen molar-refractivity contribution in [3.8, 4) is 0 Å². The third-order valence-electron chi connectivity index (χ3n) is 2.16. The Hall–Kier alpha value is -1.67. The molecule has 1 fully saturated rings. The van der Waals surface area contributed by atoms with Gasteiger partial charge in [0.25, 0.3) is 0 Å². The molecule has 0 saturated carbocycles. The third kappa shape index (κ3) is 1.97. The SMILES string of the molecule is COC(=O)CC1(C(O)C(=O)O)OCOC1=O. The normalized spacial score (nSPS) is 26.0. The summed E-state index contributed by atoms with van der Waals surface area (Å²) in [6.07, 6.45) is -2.92. The summed E-state index contributed by atoms with van der Waals surface area (Å²) in [6, 6.07) is 0. The quantitative estimate of drug-likeness (QED) is 0.550. The summed E-state index contributed by atoms with van der Waals surface area (Å²) >= 11 is 0. The summed E-state index contributed by atoms with van der Waals surface area (Å²) < 4.78 is 13.4. The Bertz CT molecular complexity index is 324. The van der Waals surface area contributed by atoms with E-state index < -0.39 is 42.8 Å². The van der Waals surface area contributed by atoms with Crippen LogP contribution >= 0.6 is 0 Å². The fraction of sp³-hybridized carbons (Fsp3) is 0.625. The lowest BCUT2D eigenvalue weighted by atomic mass is 9.93. The van der Waals surface area contributed by atoms with Gasteiger partial charge in [0.2, 0.25) is 5.60 Å². The van der Waals surface area contributed by atoms with Crippen LogP contribution in [0, 0.1) is 0 Å². The number of hydrogen-bond acceptors (Lipinski definition) is 7. The van der Waals surface area contributed by atoms with Crippen molar-refractivity contribution in [2.45, 2.75) is 18.1 Å². The van der Waals surface area contributed by atoms with Gasteiger partial charge in [-0.3, -0.25) is 4.79 Å². The molecule has 0 aromatic carbocycles. The number of carboxylic acids is 1. The van der Waals surface area contributed by atoms with Gasteiger partial charge in [0.15, 0.2) is 12.9 Å². The second-order valence-electron chi connectivity index (χ2n) is 3.08. The number of cyclic esters (lactones) is 1. The highest BCUT2D eigenvalue weighted by molar-refractivity contribution is 5.93. The average Bonchev–Trinajstić information content (AvgIpc) is 2.60. The molecule has 0 bridgehead atoms. The van der Waals surface area contributed by atoms with Crippen LogP contribution in [0.2, 0.25) is 0 Å². The highest BCUT2D eigenvalue weighted by Gasteiger charge is 2.57. The van der Waals surface area contributed by atoms with Crippen LogP contribution in [-0.2, 0) is 28.6 Å². The topological polar surface area (TPSA) is 119 Å². The van der Waals surface area contributed by atoms with E-state index in [1.54, 1.807) is 0 Å². The molecule has 0 aromatic rings. The highest BCUT2D eigenvalue weighted by Crippen LogP contribution is 2.28. The number of carbonyl (C=O) groups is 3. The Morgan fingerprint density at radius 2 is 2.25 bits per heavy atom. The van der Waals surface area contributed by atoms with Crippen molar-refractivity contribution in [2.75, 3.05) is 13.9 Å². The molecule has 1 rings (SSSR count). The molecule has 0 aliphatic carbocycles. The van der Waals surface area contributed by atoms with E-state index in [1.165, 1.54) is 0 Å². The largest absolute Gasteiger partial charge is 0.479 e. The molecule has 0 spiro atoms. The van der Waals surface area contributed by atoms with Crippen LogP contribution in [-0.4, -0.2) is 53.7 Å². The van der Waals surface area contributed by atoms with Gasteiger partial charge >= 0.3 is 17.9 Å². The fourth-order valence-corrected chi connectivity index (χ4v) is 1.27. The first-order valence-corrected chi connectivity index (χ1v) is 4.23. The number of aliphatic hydroxyl groups excluding tert-OH is 1. The second-order valence-corrected chi connectivity index (χ2v) is 3.08. The van der Waals surface area contributed by atoms with Crippen molar-refractivity contribution in [3.05, 3.63) is 0 Å². The van der Waals surface area contributed by atoms with Crippen molar-refractivity contribution in [2.24, 2.45) is 0 Å². The number of hydrogen-bond donors (Lipinski definition) is 2. The molecule has 8 heteroatoms. The number of rotatable bonds is 4. The van der Waals surface area contributed by atoms with Gasteiger partial charge in [-0.2, -0.15) is 0 Å². The fourth-order valence-electron chi connectivity index (χ4n) is 1.27. The number of aliphatic hydroxyl groups is 1. The zero-order chi connectivity index (χ0) is 12.3. The van der Waals surface area contributed by atoms with Crippen LogP contribution < -0.4 is 0 Å². The molecular weight excluding hydrogens is 224 g/mol. The molecule has 1 aliphatic heterocycles. The summed E-state index contributed by atoms with van der Waals surface area (Å²) in [4.78, 5) is 33.0. The van der Waals surface area contributed by atoms with E-state index in [4.69, 9.17) is 9.84 Å². The molecule has 1 aliphatic rings. The van der Waals surface area contributed by atoms with Gasteiger partial charge in [-0.1, -0.05) is 0 Å². The molecular formula is C8H10O8. The number of aliphatic carboxylic acids is 1. The van der Waals surface area contributed by atoms with Gasteiger partial charge in [0, 0.05) is 0 Å². The van der Waals surface area contributed by atoms with Crippen molar-refractivity contribution >= 4 is 17.9 Å². The average molecular weight is 234 g/mol. The molecule has 2 unspecified atom stereocenters. The number of carbonyl (C=O) groups excluding carboxylic acids is 2. The second kappa shape index (κ2) is 4.45. The standard InChI is InChI=1S/C8H10O8/c1-14-4(9)2-8(5(10)6(11)12)7(13)15-3-16-8/h5,10H,2-3H2,1H3,(H,11,12). The molecule has 16 heavy (non-hydrogen) atoms. The minimum atomic E-state index is -2.22. The lowest BCUT2D eigenvalue weighted by Gasteiger charge is -2.24. The van der Waals surface area contributed by atoms with Crippen molar-refractivity contribution in [3.63, 3.8) is 0 Å². The summed E-state index contributed by atoms with van der Waals surface area (Å²) in [7, 11) is 1.06. The molecule has 2 N–H and O–H groups in total. The maximum atomic E-state index is 11.3. The van der Waals surface area contributed by atoms with Crippen molar-refractivity contribution in [1.29, 1.82) is 0 Å². The van der Waals surface area contributed by atoms with E-state index in [9.17, 15) is 19.5 Å². The van der Waals surface area contributed by atoms with E-state index >= 15 is 0 Å². The first-order valence-electron chi connectivity index (χ1n) is 4.23. The molecule has 0 aromatic heterocycles. The highest BCUT2D eigenvalue weighted by atomic mass is 16.7.